The Bertz CT molecular complexity index is 1050. The number of amides is 1. The SMILES string of the molecule is CCCCCCCCCCCCCCCCCS(=O)(=O)Oc1ccc(C(=O)Nc2ccc(O)c(O)c2)cc1. The molecule has 0 aliphatic rings. The molecule has 8 heteroatoms. The first kappa shape index (κ1) is 31.5. The highest BCUT2D eigenvalue weighted by Gasteiger charge is 2.14. The molecule has 0 saturated carbocycles. The largest absolute Gasteiger partial charge is 0.504 e. The van der Waals surface area contributed by atoms with Gasteiger partial charge >= 0.3 is 10.1 Å². The molecule has 0 heterocycles. The molecule has 212 valence electrons. The Morgan fingerprint density at radius 2 is 1.21 bits per heavy atom. The molecular weight excluding hydrogens is 502 g/mol. The fourth-order valence-electron chi connectivity index (χ4n) is 4.30. The van der Waals surface area contributed by atoms with Crippen LogP contribution in [0.2, 0.25) is 0 Å². The Morgan fingerprint density at radius 1 is 0.711 bits per heavy atom. The second-order valence-electron chi connectivity index (χ2n) is 9.98. The van der Waals surface area contributed by atoms with E-state index in [1.165, 1.54) is 113 Å². The molecule has 1 amide bonds. The standard InChI is InChI=1S/C30H45NO6S/c1-2-3-4-5-6-7-8-9-10-11-12-13-14-15-16-23-38(35,36)37-27-20-17-25(18-21-27)30(34)31-26-19-22-28(32)29(33)24-26/h17-22,24,32-33H,2-16,23H2,1H3,(H,31,34). The predicted molar refractivity (Wildman–Crippen MR) is 154 cm³/mol. The summed E-state index contributed by atoms with van der Waals surface area (Å²) in [6, 6.07) is 9.76. The van der Waals surface area contributed by atoms with Crippen molar-refractivity contribution in [3.8, 4) is 17.2 Å². The smallest absolute Gasteiger partial charge is 0.309 e. The zero-order valence-electron chi connectivity index (χ0n) is 22.8. The quantitative estimate of drug-likeness (QED) is 0.0671. The lowest BCUT2D eigenvalue weighted by Gasteiger charge is -2.09. The van der Waals surface area contributed by atoms with Crippen molar-refractivity contribution in [3.05, 3.63) is 48.0 Å². The third-order valence-electron chi connectivity index (χ3n) is 6.57. The van der Waals surface area contributed by atoms with Gasteiger partial charge in [-0.1, -0.05) is 96.8 Å². The van der Waals surface area contributed by atoms with E-state index in [-0.39, 0.29) is 23.0 Å². The molecule has 7 nitrogen and oxygen atoms in total. The minimum Gasteiger partial charge on any atom is -0.504 e. The summed E-state index contributed by atoms with van der Waals surface area (Å²) in [5.74, 6) is -0.939. The van der Waals surface area contributed by atoms with E-state index in [1.807, 2.05) is 0 Å². The molecule has 0 atom stereocenters. The number of carbonyl (C=O) groups excluding carboxylic acids is 1. The Hall–Kier alpha value is -2.74. The molecule has 0 radical (unpaired) electrons. The molecule has 0 spiro atoms. The van der Waals surface area contributed by atoms with Gasteiger partial charge in [-0.3, -0.25) is 4.79 Å². The van der Waals surface area contributed by atoms with E-state index in [0.717, 1.165) is 19.3 Å². The minimum atomic E-state index is -3.70. The van der Waals surface area contributed by atoms with Gasteiger partial charge in [-0.05, 0) is 42.8 Å². The average molecular weight is 548 g/mol. The Kier molecular flexibility index (Phi) is 14.7. The number of carbonyl (C=O) groups is 1. The first-order valence-electron chi connectivity index (χ1n) is 14.2. The Balaban J connectivity index is 1.55. The number of phenolic OH excluding ortho intramolecular Hbond substituents is 2. The van der Waals surface area contributed by atoms with E-state index in [0.29, 0.717) is 17.7 Å². The molecule has 2 aromatic rings. The van der Waals surface area contributed by atoms with Gasteiger partial charge in [0.1, 0.15) is 5.75 Å². The monoisotopic (exact) mass is 547 g/mol. The van der Waals surface area contributed by atoms with Gasteiger partial charge in [0, 0.05) is 17.3 Å². The number of hydrogen-bond acceptors (Lipinski definition) is 6. The molecule has 0 unspecified atom stereocenters. The lowest BCUT2D eigenvalue weighted by atomic mass is 10.0. The number of rotatable bonds is 20. The molecule has 0 fully saturated rings. The summed E-state index contributed by atoms with van der Waals surface area (Å²) in [5.41, 5.74) is 0.612. The Morgan fingerprint density at radius 3 is 1.71 bits per heavy atom. The summed E-state index contributed by atoms with van der Waals surface area (Å²) >= 11 is 0. The number of nitrogens with one attached hydrogen (secondary N) is 1. The molecule has 0 aromatic heterocycles. The minimum absolute atomic E-state index is 0.0299. The molecular formula is C30H45NO6S. The van der Waals surface area contributed by atoms with E-state index in [1.54, 1.807) is 0 Å². The van der Waals surface area contributed by atoms with Crippen molar-refractivity contribution in [1.29, 1.82) is 0 Å². The topological polar surface area (TPSA) is 113 Å². The fraction of sp³-hybridized carbons (Fsp3) is 0.567. The normalized spacial score (nSPS) is 11.4. The number of phenols is 2. The van der Waals surface area contributed by atoms with Crippen LogP contribution in [-0.2, 0) is 10.1 Å². The van der Waals surface area contributed by atoms with E-state index in [4.69, 9.17) is 4.18 Å². The summed E-state index contributed by atoms with van der Waals surface area (Å²) in [5, 5.41) is 21.5. The van der Waals surface area contributed by atoms with Gasteiger partial charge in [0.05, 0.1) is 5.75 Å². The third kappa shape index (κ3) is 13.2. The van der Waals surface area contributed by atoms with E-state index < -0.39 is 16.0 Å². The van der Waals surface area contributed by atoms with Gasteiger partial charge in [0.15, 0.2) is 11.5 Å². The first-order chi connectivity index (χ1) is 18.3. The molecule has 0 bridgehead atoms. The zero-order chi connectivity index (χ0) is 27.6. The molecule has 2 rings (SSSR count). The maximum atomic E-state index is 12.4. The molecule has 0 aliphatic heterocycles. The van der Waals surface area contributed by atoms with Crippen LogP contribution in [0, 0.1) is 0 Å². The first-order valence-corrected chi connectivity index (χ1v) is 15.7. The summed E-state index contributed by atoms with van der Waals surface area (Å²) in [4.78, 5) is 12.4. The number of benzene rings is 2. The van der Waals surface area contributed by atoms with Crippen molar-refractivity contribution >= 4 is 21.7 Å². The zero-order valence-corrected chi connectivity index (χ0v) is 23.6. The van der Waals surface area contributed by atoms with Crippen LogP contribution in [0.4, 0.5) is 5.69 Å². The lowest BCUT2D eigenvalue weighted by Crippen LogP contribution is -2.14. The van der Waals surface area contributed by atoms with E-state index >= 15 is 0 Å². The van der Waals surface area contributed by atoms with Crippen molar-refractivity contribution in [3.63, 3.8) is 0 Å². The maximum absolute atomic E-state index is 12.4. The van der Waals surface area contributed by atoms with Crippen LogP contribution in [0.5, 0.6) is 17.2 Å². The highest BCUT2D eigenvalue weighted by Crippen LogP contribution is 2.27. The van der Waals surface area contributed by atoms with Crippen molar-refractivity contribution in [1.82, 2.24) is 0 Å². The van der Waals surface area contributed by atoms with Crippen molar-refractivity contribution < 1.29 is 27.6 Å². The van der Waals surface area contributed by atoms with Crippen molar-refractivity contribution in [2.75, 3.05) is 11.1 Å². The summed E-state index contributed by atoms with van der Waals surface area (Å²) < 4.78 is 29.8. The summed E-state index contributed by atoms with van der Waals surface area (Å²) in [6.45, 7) is 2.25. The van der Waals surface area contributed by atoms with Gasteiger partial charge in [0.25, 0.3) is 5.91 Å². The second kappa shape index (κ2) is 17.7. The lowest BCUT2D eigenvalue weighted by molar-refractivity contribution is 0.102. The van der Waals surface area contributed by atoms with Crippen LogP contribution >= 0.6 is 0 Å². The Labute approximate surface area is 228 Å². The average Bonchev–Trinajstić information content (AvgIpc) is 2.88. The highest BCUT2D eigenvalue weighted by molar-refractivity contribution is 7.87. The van der Waals surface area contributed by atoms with Crippen molar-refractivity contribution in [2.24, 2.45) is 0 Å². The molecule has 0 saturated heterocycles. The summed E-state index contributed by atoms with van der Waals surface area (Å²) in [7, 11) is -3.70. The second-order valence-corrected chi connectivity index (χ2v) is 11.7. The van der Waals surface area contributed by atoms with E-state index in [9.17, 15) is 23.4 Å². The van der Waals surface area contributed by atoms with Crippen LogP contribution < -0.4 is 9.50 Å². The third-order valence-corrected chi connectivity index (χ3v) is 7.81. The van der Waals surface area contributed by atoms with Gasteiger partial charge in [-0.25, -0.2) is 0 Å². The van der Waals surface area contributed by atoms with Crippen molar-refractivity contribution in [2.45, 2.75) is 103 Å². The predicted octanol–water partition coefficient (Wildman–Crippen LogP) is 7.93. The van der Waals surface area contributed by atoms with Gasteiger partial charge in [-0.15, -0.1) is 0 Å². The molecule has 2 aromatic carbocycles. The van der Waals surface area contributed by atoms with E-state index in [2.05, 4.69) is 12.2 Å². The van der Waals surface area contributed by atoms with Crippen LogP contribution in [-0.4, -0.2) is 30.3 Å². The fourth-order valence-corrected chi connectivity index (χ4v) is 5.35. The van der Waals surface area contributed by atoms with Gasteiger partial charge in [0.2, 0.25) is 0 Å². The van der Waals surface area contributed by atoms with Crippen LogP contribution in [0.15, 0.2) is 42.5 Å². The van der Waals surface area contributed by atoms with Crippen LogP contribution in [0.1, 0.15) is 114 Å². The van der Waals surface area contributed by atoms with Crippen LogP contribution in [0.25, 0.3) is 0 Å². The highest BCUT2D eigenvalue weighted by atomic mass is 32.2. The molecule has 38 heavy (non-hydrogen) atoms. The molecule has 0 aliphatic carbocycles. The van der Waals surface area contributed by atoms with Crippen LogP contribution in [0.3, 0.4) is 0 Å². The van der Waals surface area contributed by atoms with Gasteiger partial charge < -0.3 is 19.7 Å². The number of hydrogen-bond donors (Lipinski definition) is 3. The number of anilines is 1. The number of aromatic hydroxyl groups is 2. The number of unbranched alkanes of at least 4 members (excludes halogenated alkanes) is 14. The molecule has 3 N–H and O–H groups in total. The maximum Gasteiger partial charge on any atom is 0.309 e. The van der Waals surface area contributed by atoms with Gasteiger partial charge in [-0.2, -0.15) is 8.42 Å². The summed E-state index contributed by atoms with van der Waals surface area (Å²) in [6.07, 6.45) is 18.3.